The van der Waals surface area contributed by atoms with Gasteiger partial charge >= 0.3 is 0 Å². The highest BCUT2D eigenvalue weighted by molar-refractivity contribution is 5.94. The van der Waals surface area contributed by atoms with Crippen LogP contribution < -0.4 is 10.6 Å². The van der Waals surface area contributed by atoms with Gasteiger partial charge in [-0.2, -0.15) is 5.10 Å². The molecule has 7 heteroatoms. The van der Waals surface area contributed by atoms with Crippen LogP contribution in [0.25, 0.3) is 0 Å². The first kappa shape index (κ1) is 15.9. The minimum atomic E-state index is -0.708. The monoisotopic (exact) mass is 296 g/mol. The van der Waals surface area contributed by atoms with Crippen molar-refractivity contribution in [3.63, 3.8) is 0 Å². The lowest BCUT2D eigenvalue weighted by molar-refractivity contribution is 0.0259. The zero-order chi connectivity index (χ0) is 15.2. The largest absolute Gasteiger partial charge is 0.389 e. The fraction of sp³-hybridized carbons (Fsp3) is 0.714. The second-order valence-corrected chi connectivity index (χ2v) is 5.75. The zero-order valence-corrected chi connectivity index (χ0v) is 12.6. The lowest BCUT2D eigenvalue weighted by atomic mass is 10.1. The van der Waals surface area contributed by atoms with Crippen molar-refractivity contribution in [2.24, 2.45) is 5.92 Å². The highest BCUT2D eigenvalue weighted by Gasteiger charge is 2.21. The molecular weight excluding hydrogens is 272 g/mol. The maximum Gasteiger partial charge on any atom is 0.272 e. The number of aromatic amines is 1. The number of aromatic nitrogens is 2. The van der Waals surface area contributed by atoms with Crippen LogP contribution in [0.15, 0.2) is 0 Å². The molecule has 1 aromatic heterocycles. The van der Waals surface area contributed by atoms with Crippen molar-refractivity contribution in [2.75, 3.05) is 26.3 Å². The number of hydrogen-bond acceptors (Lipinski definition) is 5. The van der Waals surface area contributed by atoms with Gasteiger partial charge in [0.25, 0.3) is 5.91 Å². The predicted molar refractivity (Wildman–Crippen MR) is 78.0 cm³/mol. The number of H-pyrrole nitrogens is 1. The lowest BCUT2D eigenvalue weighted by Crippen LogP contribution is -2.36. The molecule has 7 nitrogen and oxygen atoms in total. The number of aliphatic hydroxyl groups is 1. The number of amides is 1. The molecule has 1 aliphatic rings. The summed E-state index contributed by atoms with van der Waals surface area (Å²) in [5.41, 5.74) is 2.34. The molecule has 2 heterocycles. The van der Waals surface area contributed by atoms with Gasteiger partial charge in [0.15, 0.2) is 5.69 Å². The van der Waals surface area contributed by atoms with Crippen molar-refractivity contribution in [3.05, 3.63) is 17.0 Å². The normalized spacial score (nSPS) is 15.8. The molecule has 0 aliphatic carbocycles. The molecule has 0 saturated heterocycles. The Bertz CT molecular complexity index is 473. The Hall–Kier alpha value is -1.44. The van der Waals surface area contributed by atoms with Crippen LogP contribution in [0.1, 0.15) is 35.6 Å². The summed E-state index contributed by atoms with van der Waals surface area (Å²) < 4.78 is 5.34. The summed E-state index contributed by atoms with van der Waals surface area (Å²) in [5, 5.41) is 22.7. The molecule has 0 radical (unpaired) electrons. The van der Waals surface area contributed by atoms with E-state index in [1.165, 1.54) is 0 Å². The standard InChI is InChI=1S/C14H24N4O3/c1-9(2)7-21-8-10(19)5-16-14(20)13-11-6-15-4-3-12(11)17-18-13/h9-10,15,19H,3-8H2,1-2H3,(H,16,20)(H,17,18). The Labute approximate surface area is 124 Å². The molecule has 0 spiro atoms. The van der Waals surface area contributed by atoms with Crippen molar-refractivity contribution in [1.82, 2.24) is 20.8 Å². The highest BCUT2D eigenvalue weighted by Crippen LogP contribution is 2.14. The van der Waals surface area contributed by atoms with Crippen molar-refractivity contribution in [2.45, 2.75) is 32.9 Å². The van der Waals surface area contributed by atoms with E-state index in [1.807, 2.05) is 13.8 Å². The second-order valence-electron chi connectivity index (χ2n) is 5.75. The SMILES string of the molecule is CC(C)COCC(O)CNC(=O)c1n[nH]c2c1CNCC2. The lowest BCUT2D eigenvalue weighted by Gasteiger charge is -2.14. The van der Waals surface area contributed by atoms with E-state index in [-0.39, 0.29) is 19.1 Å². The Kier molecular flexibility index (Phi) is 5.72. The molecule has 1 aromatic rings. The van der Waals surface area contributed by atoms with E-state index in [9.17, 15) is 9.90 Å². The van der Waals surface area contributed by atoms with Gasteiger partial charge in [-0.05, 0) is 5.92 Å². The molecule has 0 saturated carbocycles. The van der Waals surface area contributed by atoms with Crippen molar-refractivity contribution in [1.29, 1.82) is 0 Å². The molecule has 118 valence electrons. The Morgan fingerprint density at radius 2 is 2.29 bits per heavy atom. The summed E-state index contributed by atoms with van der Waals surface area (Å²) in [5.74, 6) is 0.161. The van der Waals surface area contributed by atoms with Crippen LogP contribution in [-0.2, 0) is 17.7 Å². The number of carbonyl (C=O) groups is 1. The number of nitrogens with zero attached hydrogens (tertiary/aromatic N) is 1. The summed E-state index contributed by atoms with van der Waals surface area (Å²) >= 11 is 0. The van der Waals surface area contributed by atoms with E-state index in [1.54, 1.807) is 0 Å². The van der Waals surface area contributed by atoms with Crippen LogP contribution in [0.5, 0.6) is 0 Å². The second kappa shape index (κ2) is 7.53. The topological polar surface area (TPSA) is 99.3 Å². The van der Waals surface area contributed by atoms with Crippen LogP contribution >= 0.6 is 0 Å². The van der Waals surface area contributed by atoms with Gasteiger partial charge in [0, 0.05) is 43.9 Å². The molecule has 1 amide bonds. The molecule has 0 aromatic carbocycles. The minimum absolute atomic E-state index is 0.159. The van der Waals surface area contributed by atoms with Crippen LogP contribution in [-0.4, -0.2) is 53.6 Å². The molecule has 2 rings (SSSR count). The maximum atomic E-state index is 12.1. The van der Waals surface area contributed by atoms with Gasteiger partial charge in [0.05, 0.1) is 12.7 Å². The molecule has 0 fully saturated rings. The molecule has 1 aliphatic heterocycles. The molecule has 4 N–H and O–H groups in total. The van der Waals surface area contributed by atoms with Gasteiger partial charge in [-0.25, -0.2) is 0 Å². The van der Waals surface area contributed by atoms with Gasteiger partial charge in [0.2, 0.25) is 0 Å². The summed E-state index contributed by atoms with van der Waals surface area (Å²) in [6, 6.07) is 0. The summed E-state index contributed by atoms with van der Waals surface area (Å²) in [4.78, 5) is 12.1. The molecule has 1 unspecified atom stereocenters. The number of ether oxygens (including phenoxy) is 1. The van der Waals surface area contributed by atoms with E-state index < -0.39 is 6.10 Å². The summed E-state index contributed by atoms with van der Waals surface area (Å²) in [6.07, 6.45) is 0.141. The third kappa shape index (κ3) is 4.52. The van der Waals surface area contributed by atoms with Crippen molar-refractivity contribution < 1.29 is 14.6 Å². The van der Waals surface area contributed by atoms with E-state index in [0.717, 1.165) is 24.2 Å². The Balaban J connectivity index is 1.78. The summed E-state index contributed by atoms with van der Waals surface area (Å²) in [7, 11) is 0. The Morgan fingerprint density at radius 3 is 3.05 bits per heavy atom. The van der Waals surface area contributed by atoms with E-state index in [4.69, 9.17) is 4.74 Å². The minimum Gasteiger partial charge on any atom is -0.389 e. The number of nitrogens with one attached hydrogen (secondary N) is 3. The van der Waals surface area contributed by atoms with Crippen LogP contribution in [0.3, 0.4) is 0 Å². The number of aliphatic hydroxyl groups excluding tert-OH is 1. The predicted octanol–water partition coefficient (Wildman–Crippen LogP) is -0.181. The van der Waals surface area contributed by atoms with E-state index >= 15 is 0 Å². The van der Waals surface area contributed by atoms with Crippen molar-refractivity contribution >= 4 is 5.91 Å². The number of hydrogen-bond donors (Lipinski definition) is 4. The smallest absolute Gasteiger partial charge is 0.272 e. The first-order chi connectivity index (χ1) is 10.1. The number of fused-ring (bicyclic) bond motifs is 1. The number of rotatable bonds is 7. The van der Waals surface area contributed by atoms with Crippen LogP contribution in [0, 0.1) is 5.92 Å². The first-order valence-corrected chi connectivity index (χ1v) is 7.38. The van der Waals surface area contributed by atoms with Gasteiger partial charge in [0.1, 0.15) is 0 Å². The highest BCUT2D eigenvalue weighted by atomic mass is 16.5. The van der Waals surface area contributed by atoms with Gasteiger partial charge in [-0.3, -0.25) is 9.89 Å². The quantitative estimate of drug-likeness (QED) is 0.559. The average molecular weight is 296 g/mol. The van der Waals surface area contributed by atoms with Crippen LogP contribution in [0.2, 0.25) is 0 Å². The van der Waals surface area contributed by atoms with Crippen LogP contribution in [0.4, 0.5) is 0 Å². The third-order valence-corrected chi connectivity index (χ3v) is 3.28. The third-order valence-electron chi connectivity index (χ3n) is 3.28. The first-order valence-electron chi connectivity index (χ1n) is 7.38. The summed E-state index contributed by atoms with van der Waals surface area (Å²) in [6.45, 7) is 6.61. The van der Waals surface area contributed by atoms with E-state index in [2.05, 4.69) is 20.8 Å². The maximum absolute atomic E-state index is 12.1. The molecule has 0 bridgehead atoms. The number of carbonyl (C=O) groups excluding carboxylic acids is 1. The molecule has 21 heavy (non-hydrogen) atoms. The Morgan fingerprint density at radius 1 is 1.48 bits per heavy atom. The molecule has 1 atom stereocenters. The van der Waals surface area contributed by atoms with Gasteiger partial charge < -0.3 is 20.5 Å². The average Bonchev–Trinajstić information content (AvgIpc) is 2.88. The fourth-order valence-corrected chi connectivity index (χ4v) is 2.21. The molecular formula is C14H24N4O3. The van der Waals surface area contributed by atoms with Gasteiger partial charge in [-0.15, -0.1) is 0 Å². The zero-order valence-electron chi connectivity index (χ0n) is 12.6. The van der Waals surface area contributed by atoms with Crippen molar-refractivity contribution in [3.8, 4) is 0 Å². The van der Waals surface area contributed by atoms with E-state index in [0.29, 0.717) is 24.8 Å². The fourth-order valence-electron chi connectivity index (χ4n) is 2.21. The van der Waals surface area contributed by atoms with Gasteiger partial charge in [-0.1, -0.05) is 13.8 Å².